The van der Waals surface area contributed by atoms with Crippen molar-refractivity contribution in [3.05, 3.63) is 29.8 Å². The van der Waals surface area contributed by atoms with E-state index in [9.17, 15) is 9.90 Å². The Morgan fingerprint density at radius 2 is 1.96 bits per heavy atom. The molecule has 1 atom stereocenters. The van der Waals surface area contributed by atoms with Gasteiger partial charge in [0.15, 0.2) is 0 Å². The maximum absolute atomic E-state index is 12.6. The van der Waals surface area contributed by atoms with Crippen LogP contribution in [0.1, 0.15) is 50.5 Å². The third-order valence-corrected chi connectivity index (χ3v) is 5.73. The highest BCUT2D eigenvalue weighted by molar-refractivity contribution is 5.90. The fraction of sp³-hybridized carbons (Fsp3) is 0.650. The van der Waals surface area contributed by atoms with Gasteiger partial charge in [-0.1, -0.05) is 37.5 Å². The molecule has 1 aromatic rings. The van der Waals surface area contributed by atoms with E-state index in [0.717, 1.165) is 37.2 Å². The SMILES string of the molecule is CN(Cc1ccccc1NC(=O)N1CCC[C@@H]1CO)C1CCCCC1. The topological polar surface area (TPSA) is 55.8 Å². The third kappa shape index (κ3) is 4.53. The van der Waals surface area contributed by atoms with Gasteiger partial charge >= 0.3 is 6.03 Å². The molecule has 1 aliphatic carbocycles. The maximum atomic E-state index is 12.6. The number of hydrogen-bond donors (Lipinski definition) is 2. The molecule has 1 saturated heterocycles. The molecule has 2 fully saturated rings. The molecular weight excluding hydrogens is 314 g/mol. The van der Waals surface area contributed by atoms with Crippen molar-refractivity contribution in [3.8, 4) is 0 Å². The zero-order valence-corrected chi connectivity index (χ0v) is 15.3. The Kier molecular flexibility index (Phi) is 6.32. The summed E-state index contributed by atoms with van der Waals surface area (Å²) in [6, 6.07) is 8.59. The summed E-state index contributed by atoms with van der Waals surface area (Å²) < 4.78 is 0. The first-order valence-electron chi connectivity index (χ1n) is 9.65. The van der Waals surface area contributed by atoms with Crippen molar-refractivity contribution in [2.75, 3.05) is 25.5 Å². The van der Waals surface area contributed by atoms with E-state index in [0.29, 0.717) is 6.04 Å². The minimum atomic E-state index is -0.0932. The molecule has 0 aromatic heterocycles. The number of benzene rings is 1. The van der Waals surface area contributed by atoms with Crippen LogP contribution in [-0.2, 0) is 6.54 Å². The van der Waals surface area contributed by atoms with Crippen LogP contribution in [0.3, 0.4) is 0 Å². The molecule has 0 unspecified atom stereocenters. The first-order chi connectivity index (χ1) is 12.2. The Labute approximate surface area is 151 Å². The van der Waals surface area contributed by atoms with E-state index in [4.69, 9.17) is 0 Å². The van der Waals surface area contributed by atoms with Crippen LogP contribution in [0.15, 0.2) is 24.3 Å². The van der Waals surface area contributed by atoms with Gasteiger partial charge in [0.1, 0.15) is 0 Å². The van der Waals surface area contributed by atoms with Crippen LogP contribution in [0.4, 0.5) is 10.5 Å². The standard InChI is InChI=1S/C20H31N3O2/c1-22(17-9-3-2-4-10-17)14-16-8-5-6-12-19(16)21-20(25)23-13-7-11-18(23)15-24/h5-6,8,12,17-18,24H,2-4,7,9-11,13-15H2,1H3,(H,21,25)/t18-/m1/s1. The average Bonchev–Trinajstić information content (AvgIpc) is 3.13. The monoisotopic (exact) mass is 345 g/mol. The normalized spacial score (nSPS) is 21.7. The molecule has 1 aromatic carbocycles. The number of urea groups is 1. The second kappa shape index (κ2) is 8.68. The van der Waals surface area contributed by atoms with Crippen LogP contribution in [0, 0.1) is 0 Å². The van der Waals surface area contributed by atoms with Gasteiger partial charge in [0, 0.05) is 24.8 Å². The average molecular weight is 345 g/mol. The fourth-order valence-electron chi connectivity index (χ4n) is 4.18. The molecular formula is C20H31N3O2. The van der Waals surface area contributed by atoms with Crippen LogP contribution in [0.5, 0.6) is 0 Å². The second-order valence-corrected chi connectivity index (χ2v) is 7.47. The van der Waals surface area contributed by atoms with E-state index < -0.39 is 0 Å². The van der Waals surface area contributed by atoms with Crippen molar-refractivity contribution in [2.45, 2.75) is 63.6 Å². The van der Waals surface area contributed by atoms with Crippen molar-refractivity contribution < 1.29 is 9.90 Å². The molecule has 0 spiro atoms. The molecule has 1 saturated carbocycles. The van der Waals surface area contributed by atoms with Crippen LogP contribution in [-0.4, -0.2) is 53.2 Å². The van der Waals surface area contributed by atoms with Gasteiger partial charge in [-0.3, -0.25) is 4.90 Å². The maximum Gasteiger partial charge on any atom is 0.322 e. The van der Waals surface area contributed by atoms with Crippen molar-refractivity contribution in [1.82, 2.24) is 9.80 Å². The molecule has 0 bridgehead atoms. The number of hydrogen-bond acceptors (Lipinski definition) is 3. The Morgan fingerprint density at radius 1 is 1.20 bits per heavy atom. The number of carbonyl (C=O) groups excluding carboxylic acids is 1. The summed E-state index contributed by atoms with van der Waals surface area (Å²) in [5.41, 5.74) is 2.04. The lowest BCUT2D eigenvalue weighted by Gasteiger charge is -2.32. The van der Waals surface area contributed by atoms with Gasteiger partial charge in [-0.2, -0.15) is 0 Å². The number of para-hydroxylation sites is 1. The quantitative estimate of drug-likeness (QED) is 0.859. The Balaban J connectivity index is 1.65. The highest BCUT2D eigenvalue weighted by Gasteiger charge is 2.28. The number of amides is 2. The Hall–Kier alpha value is -1.59. The number of rotatable bonds is 5. The summed E-state index contributed by atoms with van der Waals surface area (Å²) in [4.78, 5) is 16.8. The molecule has 1 aliphatic heterocycles. The van der Waals surface area contributed by atoms with Crippen LogP contribution in [0.2, 0.25) is 0 Å². The third-order valence-electron chi connectivity index (χ3n) is 5.73. The van der Waals surface area contributed by atoms with Crippen molar-refractivity contribution in [2.24, 2.45) is 0 Å². The zero-order valence-electron chi connectivity index (χ0n) is 15.3. The smallest absolute Gasteiger partial charge is 0.322 e. The number of aliphatic hydroxyl groups is 1. The summed E-state index contributed by atoms with van der Waals surface area (Å²) in [6.45, 7) is 1.62. The van der Waals surface area contributed by atoms with Crippen molar-refractivity contribution in [3.63, 3.8) is 0 Å². The predicted molar refractivity (Wildman–Crippen MR) is 101 cm³/mol. The first kappa shape index (κ1) is 18.2. The van der Waals surface area contributed by atoms with E-state index in [2.05, 4.69) is 23.3 Å². The second-order valence-electron chi connectivity index (χ2n) is 7.47. The Bertz CT molecular complexity index is 572. The highest BCUT2D eigenvalue weighted by atomic mass is 16.3. The van der Waals surface area contributed by atoms with E-state index >= 15 is 0 Å². The number of anilines is 1. The number of aliphatic hydroxyl groups excluding tert-OH is 1. The summed E-state index contributed by atoms with van der Waals surface area (Å²) in [6.07, 6.45) is 8.41. The summed E-state index contributed by atoms with van der Waals surface area (Å²) in [5, 5.41) is 12.5. The number of nitrogens with zero attached hydrogens (tertiary/aromatic N) is 2. The summed E-state index contributed by atoms with van der Waals surface area (Å²) in [7, 11) is 2.19. The lowest BCUT2D eigenvalue weighted by Crippen LogP contribution is -2.40. The molecule has 2 aliphatic rings. The fourth-order valence-corrected chi connectivity index (χ4v) is 4.18. The number of likely N-dealkylation sites (tertiary alicyclic amines) is 1. The molecule has 2 amide bonds. The molecule has 25 heavy (non-hydrogen) atoms. The molecule has 0 radical (unpaired) electrons. The number of nitrogens with one attached hydrogen (secondary N) is 1. The molecule has 1 heterocycles. The minimum Gasteiger partial charge on any atom is -0.394 e. The first-order valence-corrected chi connectivity index (χ1v) is 9.65. The van der Waals surface area contributed by atoms with E-state index in [1.807, 2.05) is 18.2 Å². The van der Waals surface area contributed by atoms with Gasteiger partial charge in [0.2, 0.25) is 0 Å². The lowest BCUT2D eigenvalue weighted by atomic mass is 9.94. The van der Waals surface area contributed by atoms with Crippen LogP contribution < -0.4 is 5.32 Å². The van der Waals surface area contributed by atoms with Gasteiger partial charge in [-0.15, -0.1) is 0 Å². The summed E-state index contributed by atoms with van der Waals surface area (Å²) >= 11 is 0. The van der Waals surface area contributed by atoms with Crippen LogP contribution in [0.25, 0.3) is 0 Å². The number of carbonyl (C=O) groups is 1. The minimum absolute atomic E-state index is 0.0412. The van der Waals surface area contributed by atoms with Gasteiger partial charge in [-0.25, -0.2) is 4.79 Å². The lowest BCUT2D eigenvalue weighted by molar-refractivity contribution is 0.166. The summed E-state index contributed by atoms with van der Waals surface area (Å²) in [5.74, 6) is 0. The molecule has 138 valence electrons. The van der Waals surface area contributed by atoms with Gasteiger partial charge in [0.25, 0.3) is 0 Å². The van der Waals surface area contributed by atoms with E-state index in [1.165, 1.54) is 32.1 Å². The molecule has 2 N–H and O–H groups in total. The van der Waals surface area contributed by atoms with E-state index in [1.54, 1.807) is 4.90 Å². The van der Waals surface area contributed by atoms with Crippen LogP contribution >= 0.6 is 0 Å². The van der Waals surface area contributed by atoms with Crippen molar-refractivity contribution >= 4 is 11.7 Å². The predicted octanol–water partition coefficient (Wildman–Crippen LogP) is 3.44. The highest BCUT2D eigenvalue weighted by Crippen LogP contribution is 2.25. The van der Waals surface area contributed by atoms with Gasteiger partial charge < -0.3 is 15.3 Å². The largest absolute Gasteiger partial charge is 0.394 e. The molecule has 5 nitrogen and oxygen atoms in total. The van der Waals surface area contributed by atoms with Gasteiger partial charge in [-0.05, 0) is 44.4 Å². The molecule has 3 rings (SSSR count). The van der Waals surface area contributed by atoms with E-state index in [-0.39, 0.29) is 18.7 Å². The van der Waals surface area contributed by atoms with Crippen molar-refractivity contribution in [1.29, 1.82) is 0 Å². The zero-order chi connectivity index (χ0) is 17.6. The molecule has 5 heteroatoms. The van der Waals surface area contributed by atoms with Gasteiger partial charge in [0.05, 0.1) is 12.6 Å². The Morgan fingerprint density at radius 3 is 2.72 bits per heavy atom.